The van der Waals surface area contributed by atoms with E-state index < -0.39 is 12.1 Å². The van der Waals surface area contributed by atoms with Crippen LogP contribution in [-0.2, 0) is 9.53 Å². The first-order valence-electron chi connectivity index (χ1n) is 7.77. The highest BCUT2D eigenvalue weighted by atomic mass is 16.5. The van der Waals surface area contributed by atoms with Crippen LogP contribution < -0.4 is 4.74 Å². The minimum absolute atomic E-state index is 0.0596. The quantitative estimate of drug-likeness (QED) is 0.898. The SMILES string of the molecule is CC(C)COc1ccc(C(=O)N2CC(C(=O)O)O[C@H](C)C2)cc1. The van der Waals surface area contributed by atoms with E-state index in [1.807, 2.05) is 0 Å². The number of carboxylic acid groups (broad SMARTS) is 1. The molecule has 1 aromatic carbocycles. The molecule has 126 valence electrons. The van der Waals surface area contributed by atoms with Crippen LogP contribution in [-0.4, -0.2) is 53.8 Å². The summed E-state index contributed by atoms with van der Waals surface area (Å²) in [6.45, 7) is 6.96. The summed E-state index contributed by atoms with van der Waals surface area (Å²) < 4.78 is 10.9. The normalized spacial score (nSPS) is 21.3. The van der Waals surface area contributed by atoms with E-state index >= 15 is 0 Å². The lowest BCUT2D eigenvalue weighted by Crippen LogP contribution is -2.51. The van der Waals surface area contributed by atoms with Crippen molar-refractivity contribution in [2.75, 3.05) is 19.7 Å². The van der Waals surface area contributed by atoms with Gasteiger partial charge in [-0.3, -0.25) is 4.79 Å². The molecule has 0 saturated carbocycles. The van der Waals surface area contributed by atoms with Gasteiger partial charge in [-0.05, 0) is 37.1 Å². The molecule has 1 amide bonds. The molecule has 6 heteroatoms. The third kappa shape index (κ3) is 4.69. The van der Waals surface area contributed by atoms with E-state index in [2.05, 4.69) is 13.8 Å². The minimum Gasteiger partial charge on any atom is -0.493 e. The number of hydrogen-bond donors (Lipinski definition) is 1. The average molecular weight is 321 g/mol. The zero-order chi connectivity index (χ0) is 17.0. The number of carboxylic acids is 1. The fourth-order valence-corrected chi connectivity index (χ4v) is 2.39. The molecule has 1 unspecified atom stereocenters. The van der Waals surface area contributed by atoms with E-state index in [9.17, 15) is 9.59 Å². The Morgan fingerprint density at radius 1 is 1.30 bits per heavy atom. The van der Waals surface area contributed by atoms with Gasteiger partial charge in [-0.15, -0.1) is 0 Å². The largest absolute Gasteiger partial charge is 0.493 e. The molecule has 0 bridgehead atoms. The second-order valence-electron chi connectivity index (χ2n) is 6.21. The summed E-state index contributed by atoms with van der Waals surface area (Å²) in [5, 5.41) is 9.09. The Morgan fingerprint density at radius 3 is 2.52 bits per heavy atom. The summed E-state index contributed by atoms with van der Waals surface area (Å²) in [5.41, 5.74) is 0.514. The lowest BCUT2D eigenvalue weighted by molar-refractivity contribution is -0.160. The van der Waals surface area contributed by atoms with Crippen LogP contribution in [0.5, 0.6) is 5.75 Å². The molecular weight excluding hydrogens is 298 g/mol. The minimum atomic E-state index is -1.05. The molecule has 1 heterocycles. The standard InChI is InChI=1S/C17H23NO5/c1-11(2)10-22-14-6-4-13(5-7-14)16(19)18-8-12(3)23-15(9-18)17(20)21/h4-7,11-12,15H,8-10H2,1-3H3,(H,20,21)/t12-,15?/m1/s1. The Balaban J connectivity index is 2.03. The molecule has 2 rings (SSSR count). The van der Waals surface area contributed by atoms with Gasteiger partial charge in [0, 0.05) is 12.1 Å². The summed E-state index contributed by atoms with van der Waals surface area (Å²) in [6.07, 6.45) is -1.28. The molecular formula is C17H23NO5. The zero-order valence-corrected chi connectivity index (χ0v) is 13.7. The third-order valence-corrected chi connectivity index (χ3v) is 3.51. The number of benzene rings is 1. The number of morpholine rings is 1. The van der Waals surface area contributed by atoms with Gasteiger partial charge < -0.3 is 19.5 Å². The fourth-order valence-electron chi connectivity index (χ4n) is 2.39. The van der Waals surface area contributed by atoms with Crippen molar-refractivity contribution in [2.45, 2.75) is 33.0 Å². The summed E-state index contributed by atoms with van der Waals surface area (Å²) in [6, 6.07) is 6.92. The first-order chi connectivity index (χ1) is 10.9. The van der Waals surface area contributed by atoms with E-state index in [4.69, 9.17) is 14.6 Å². The van der Waals surface area contributed by atoms with Gasteiger partial charge in [0.15, 0.2) is 6.10 Å². The van der Waals surface area contributed by atoms with Crippen molar-refractivity contribution in [3.8, 4) is 5.75 Å². The molecule has 1 N–H and O–H groups in total. The Bertz CT molecular complexity index is 555. The maximum absolute atomic E-state index is 12.5. The molecule has 1 fully saturated rings. The maximum atomic E-state index is 12.5. The molecule has 2 atom stereocenters. The van der Waals surface area contributed by atoms with E-state index in [-0.39, 0.29) is 18.6 Å². The fraction of sp³-hybridized carbons (Fsp3) is 0.529. The molecule has 0 spiro atoms. The average Bonchev–Trinajstić information content (AvgIpc) is 2.52. The molecule has 0 radical (unpaired) electrons. The summed E-state index contributed by atoms with van der Waals surface area (Å²) in [5.74, 6) is -0.0956. The van der Waals surface area contributed by atoms with Gasteiger partial charge in [0.2, 0.25) is 0 Å². The first kappa shape index (κ1) is 17.3. The van der Waals surface area contributed by atoms with E-state index in [1.165, 1.54) is 4.90 Å². The molecule has 1 saturated heterocycles. The molecule has 1 aromatic rings. The Labute approximate surface area is 136 Å². The second-order valence-corrected chi connectivity index (χ2v) is 6.21. The number of carbonyl (C=O) groups excluding carboxylic acids is 1. The lowest BCUT2D eigenvalue weighted by Gasteiger charge is -2.35. The van der Waals surface area contributed by atoms with Crippen LogP contribution in [0.15, 0.2) is 24.3 Å². The van der Waals surface area contributed by atoms with Crippen molar-refractivity contribution in [1.29, 1.82) is 0 Å². The molecule has 0 aliphatic carbocycles. The van der Waals surface area contributed by atoms with Crippen molar-refractivity contribution in [1.82, 2.24) is 4.90 Å². The highest BCUT2D eigenvalue weighted by Crippen LogP contribution is 2.18. The third-order valence-electron chi connectivity index (χ3n) is 3.51. The molecule has 6 nitrogen and oxygen atoms in total. The van der Waals surface area contributed by atoms with Crippen molar-refractivity contribution in [3.63, 3.8) is 0 Å². The van der Waals surface area contributed by atoms with Crippen molar-refractivity contribution in [2.24, 2.45) is 5.92 Å². The second kappa shape index (κ2) is 7.46. The van der Waals surface area contributed by atoms with Crippen molar-refractivity contribution in [3.05, 3.63) is 29.8 Å². The number of aliphatic carboxylic acids is 1. The highest BCUT2D eigenvalue weighted by molar-refractivity contribution is 5.94. The van der Waals surface area contributed by atoms with Crippen molar-refractivity contribution < 1.29 is 24.2 Å². The predicted octanol–water partition coefficient (Wildman–Crippen LogP) is 2.04. The van der Waals surface area contributed by atoms with Crippen LogP contribution in [0.2, 0.25) is 0 Å². The monoisotopic (exact) mass is 321 g/mol. The van der Waals surface area contributed by atoms with E-state index in [0.717, 1.165) is 0 Å². The van der Waals surface area contributed by atoms with Gasteiger partial charge in [0.25, 0.3) is 5.91 Å². The summed E-state index contributed by atoms with van der Waals surface area (Å²) in [7, 11) is 0. The molecule has 0 aromatic heterocycles. The van der Waals surface area contributed by atoms with Crippen molar-refractivity contribution >= 4 is 11.9 Å². The molecule has 1 aliphatic heterocycles. The maximum Gasteiger partial charge on any atom is 0.334 e. The van der Waals surface area contributed by atoms with Gasteiger partial charge in [0.1, 0.15) is 5.75 Å². The van der Waals surface area contributed by atoms with Crippen LogP contribution in [0, 0.1) is 5.92 Å². The van der Waals surface area contributed by atoms with Crippen LogP contribution in [0.4, 0.5) is 0 Å². The molecule has 1 aliphatic rings. The lowest BCUT2D eigenvalue weighted by atomic mass is 10.1. The van der Waals surface area contributed by atoms with Gasteiger partial charge in [-0.2, -0.15) is 0 Å². The summed E-state index contributed by atoms with van der Waals surface area (Å²) in [4.78, 5) is 25.1. The number of nitrogens with zero attached hydrogens (tertiary/aromatic N) is 1. The van der Waals surface area contributed by atoms with E-state index in [1.54, 1.807) is 31.2 Å². The smallest absolute Gasteiger partial charge is 0.334 e. The van der Waals surface area contributed by atoms with Gasteiger partial charge in [-0.25, -0.2) is 4.79 Å². The van der Waals surface area contributed by atoms with Crippen LogP contribution >= 0.6 is 0 Å². The topological polar surface area (TPSA) is 76.1 Å². The highest BCUT2D eigenvalue weighted by Gasteiger charge is 2.32. The Morgan fingerprint density at radius 2 is 1.96 bits per heavy atom. The summed E-state index contributed by atoms with van der Waals surface area (Å²) >= 11 is 0. The number of hydrogen-bond acceptors (Lipinski definition) is 4. The number of amides is 1. The van der Waals surface area contributed by atoms with Gasteiger partial charge in [0.05, 0.1) is 19.3 Å². The Kier molecular flexibility index (Phi) is 5.60. The van der Waals surface area contributed by atoms with E-state index in [0.29, 0.717) is 30.4 Å². The number of rotatable bonds is 5. The predicted molar refractivity (Wildman–Crippen MR) is 84.6 cm³/mol. The molecule has 23 heavy (non-hydrogen) atoms. The Hall–Kier alpha value is -2.08. The van der Waals surface area contributed by atoms with Crippen LogP contribution in [0.25, 0.3) is 0 Å². The van der Waals surface area contributed by atoms with Gasteiger partial charge in [-0.1, -0.05) is 13.8 Å². The van der Waals surface area contributed by atoms with Gasteiger partial charge >= 0.3 is 5.97 Å². The zero-order valence-electron chi connectivity index (χ0n) is 13.7. The van der Waals surface area contributed by atoms with Crippen LogP contribution in [0.1, 0.15) is 31.1 Å². The number of carbonyl (C=O) groups is 2. The van der Waals surface area contributed by atoms with Crippen LogP contribution in [0.3, 0.4) is 0 Å². The first-order valence-corrected chi connectivity index (χ1v) is 7.77. The number of ether oxygens (including phenoxy) is 2.